The van der Waals surface area contributed by atoms with Crippen LogP contribution in [0.1, 0.15) is 15.8 Å². The average molecular weight is 288 g/mol. The van der Waals surface area contributed by atoms with Gasteiger partial charge in [-0.1, -0.05) is 0 Å². The Morgan fingerprint density at radius 3 is 2.20 bits per heavy atom. The Morgan fingerprint density at radius 2 is 1.93 bits per heavy atom. The summed E-state index contributed by atoms with van der Waals surface area (Å²) in [6.45, 7) is -2.39. The van der Waals surface area contributed by atoms with E-state index in [1.165, 1.54) is 17.4 Å². The largest absolute Gasteiger partial charge is 0.344 e. The Kier molecular flexibility index (Phi) is 3.92. The number of hydrogen-bond donors (Lipinski definition) is 4. The van der Waals surface area contributed by atoms with Crippen molar-refractivity contribution >= 4 is 37.2 Å². The molecule has 0 saturated heterocycles. The highest BCUT2D eigenvalue weighted by molar-refractivity contribution is 8.11. The van der Waals surface area contributed by atoms with Crippen LogP contribution in [0.15, 0.2) is 11.4 Å². The molecule has 0 fully saturated rings. The zero-order valence-electron chi connectivity index (χ0n) is 7.64. The summed E-state index contributed by atoms with van der Waals surface area (Å²) in [7, 11) is -4.66. The third kappa shape index (κ3) is 3.19. The fourth-order valence-electron chi connectivity index (χ4n) is 1.22. The average Bonchev–Trinajstić information content (AvgIpc) is 2.30. The first-order chi connectivity index (χ1) is 6.64. The molecule has 0 aromatic carbocycles. The van der Waals surface area contributed by atoms with E-state index >= 15 is 0 Å². The lowest BCUT2D eigenvalue weighted by Gasteiger charge is -2.22. The maximum atomic E-state index is 11.2. The summed E-state index contributed by atoms with van der Waals surface area (Å²) in [4.78, 5) is 37.4. The first-order valence-corrected chi connectivity index (χ1v) is 9.12. The van der Waals surface area contributed by atoms with Gasteiger partial charge in [-0.05, 0) is 35.7 Å². The van der Waals surface area contributed by atoms with Gasteiger partial charge < -0.3 is 19.6 Å². The van der Waals surface area contributed by atoms with Crippen LogP contribution in [-0.2, 0) is 16.4 Å². The van der Waals surface area contributed by atoms with Crippen LogP contribution in [0.4, 0.5) is 0 Å². The molecule has 0 aliphatic rings. The molecule has 1 unspecified atom stereocenters. The molecule has 0 aliphatic carbocycles. The summed E-state index contributed by atoms with van der Waals surface area (Å²) in [5.41, 5.74) is 0.224. The van der Waals surface area contributed by atoms with Crippen LogP contribution in [0.5, 0.6) is 0 Å². The van der Waals surface area contributed by atoms with Gasteiger partial charge in [0.15, 0.2) is 5.40 Å². The molecule has 0 spiro atoms. The maximum Gasteiger partial charge on any atom is 0.342 e. The highest BCUT2D eigenvalue weighted by Gasteiger charge is 2.42. The summed E-state index contributed by atoms with van der Waals surface area (Å²) < 4.78 is 11.2. The van der Waals surface area contributed by atoms with Crippen molar-refractivity contribution in [3.05, 3.63) is 21.9 Å². The highest BCUT2D eigenvalue weighted by atomic mass is 32.5. The molecule has 86 valence electrons. The molecular weight excluding hydrogens is 278 g/mol. The van der Waals surface area contributed by atoms with Crippen molar-refractivity contribution in [2.45, 2.75) is 12.3 Å². The van der Waals surface area contributed by atoms with E-state index in [2.05, 4.69) is 11.8 Å². The van der Waals surface area contributed by atoms with Gasteiger partial charge in [0.1, 0.15) is 0 Å². The molecule has 1 rings (SSSR count). The number of thiophene rings is 1. The predicted molar refractivity (Wildman–Crippen MR) is 62.6 cm³/mol. The summed E-state index contributed by atoms with van der Waals surface area (Å²) >= 11 is 5.67. The highest BCUT2D eigenvalue weighted by Crippen LogP contribution is 2.70. The fraction of sp³-hybridized carbons (Fsp3) is 0.333. The Bertz CT molecular complexity index is 422. The minimum absolute atomic E-state index is 0.224. The predicted octanol–water partition coefficient (Wildman–Crippen LogP) is 1.53. The zero-order valence-corrected chi connectivity index (χ0v) is 11.1. The SMILES string of the molecule is Cc1sccc1C(P(=O)(O)O)P(O)(O)=S. The molecule has 1 heterocycles. The van der Waals surface area contributed by atoms with Gasteiger partial charge in [-0.25, -0.2) is 0 Å². The Morgan fingerprint density at radius 1 is 1.40 bits per heavy atom. The number of hydrogen-bond acceptors (Lipinski definition) is 3. The second-order valence-electron chi connectivity index (χ2n) is 2.98. The van der Waals surface area contributed by atoms with Crippen molar-refractivity contribution in [2.75, 3.05) is 0 Å². The molecule has 0 aliphatic heterocycles. The molecule has 0 bridgehead atoms. The molecule has 4 N–H and O–H groups in total. The third-order valence-electron chi connectivity index (χ3n) is 1.81. The van der Waals surface area contributed by atoms with Crippen molar-refractivity contribution in [3.8, 4) is 0 Å². The normalized spacial score (nSPS) is 15.3. The van der Waals surface area contributed by atoms with Crippen molar-refractivity contribution in [1.82, 2.24) is 0 Å². The van der Waals surface area contributed by atoms with E-state index in [4.69, 9.17) is 9.79 Å². The van der Waals surface area contributed by atoms with E-state index < -0.39 is 19.5 Å². The molecule has 9 heteroatoms. The van der Waals surface area contributed by atoms with Gasteiger partial charge in [-0.2, -0.15) is 0 Å². The quantitative estimate of drug-likeness (QED) is 0.630. The van der Waals surface area contributed by atoms with Crippen molar-refractivity contribution in [3.63, 3.8) is 0 Å². The summed E-state index contributed by atoms with van der Waals surface area (Å²) in [5.74, 6) is 0. The Hall–Kier alpha value is 0.420. The molecular formula is C6H10O5P2S2. The Balaban J connectivity index is 3.33. The lowest BCUT2D eigenvalue weighted by molar-refractivity contribution is 0.363. The lowest BCUT2D eigenvalue weighted by Crippen LogP contribution is -2.00. The van der Waals surface area contributed by atoms with Crippen LogP contribution >= 0.6 is 25.4 Å². The van der Waals surface area contributed by atoms with Gasteiger partial charge in [0, 0.05) is 4.88 Å². The molecule has 0 amide bonds. The second-order valence-corrected chi connectivity index (χ2v) is 9.51. The molecule has 15 heavy (non-hydrogen) atoms. The van der Waals surface area contributed by atoms with Crippen LogP contribution in [0.3, 0.4) is 0 Å². The summed E-state index contributed by atoms with van der Waals surface area (Å²) in [5, 5.41) is -0.0514. The van der Waals surface area contributed by atoms with Crippen LogP contribution in [0.2, 0.25) is 0 Å². The van der Waals surface area contributed by atoms with Crippen LogP contribution in [0.25, 0.3) is 0 Å². The van der Waals surface area contributed by atoms with E-state index in [1.807, 2.05) is 0 Å². The van der Waals surface area contributed by atoms with Gasteiger partial charge in [0.05, 0.1) is 0 Å². The van der Waals surface area contributed by atoms with E-state index in [1.54, 1.807) is 12.3 Å². The van der Waals surface area contributed by atoms with Crippen molar-refractivity contribution < 1.29 is 24.1 Å². The smallest absolute Gasteiger partial charge is 0.342 e. The van der Waals surface area contributed by atoms with Crippen LogP contribution < -0.4 is 0 Å². The van der Waals surface area contributed by atoms with Crippen LogP contribution in [-0.4, -0.2) is 19.6 Å². The van der Waals surface area contributed by atoms with Gasteiger partial charge in [-0.15, -0.1) is 11.3 Å². The van der Waals surface area contributed by atoms with E-state index in [0.717, 1.165) is 0 Å². The van der Waals surface area contributed by atoms with E-state index in [9.17, 15) is 14.4 Å². The number of aryl methyl sites for hydroxylation is 1. The molecule has 1 atom stereocenters. The topological polar surface area (TPSA) is 98.0 Å². The summed E-state index contributed by atoms with van der Waals surface area (Å²) in [6, 6.07) is 1.46. The molecule has 1 aromatic rings. The van der Waals surface area contributed by atoms with E-state index in [-0.39, 0.29) is 5.56 Å². The standard InChI is InChI=1S/C6H10O5P2S2/c1-4-5(2-3-15-4)6(12(7,8)9)13(10,11)14/h2-3,6H,1H3,(H2,7,8,9)(H2,10,11,14). The first kappa shape index (κ1) is 13.5. The fourth-order valence-corrected chi connectivity index (χ4v) is 6.43. The summed E-state index contributed by atoms with van der Waals surface area (Å²) in [6.07, 6.45) is 0. The van der Waals surface area contributed by atoms with Crippen molar-refractivity contribution in [1.29, 1.82) is 0 Å². The van der Waals surface area contributed by atoms with E-state index in [0.29, 0.717) is 4.88 Å². The van der Waals surface area contributed by atoms with Gasteiger partial charge in [-0.3, -0.25) is 4.57 Å². The third-order valence-corrected chi connectivity index (χ3v) is 7.48. The van der Waals surface area contributed by atoms with Gasteiger partial charge in [0.2, 0.25) is 6.49 Å². The van der Waals surface area contributed by atoms with Gasteiger partial charge >= 0.3 is 7.60 Å². The Labute approximate surface area is 95.7 Å². The minimum Gasteiger partial charge on any atom is -0.344 e. The van der Waals surface area contributed by atoms with Gasteiger partial charge in [0.25, 0.3) is 0 Å². The number of rotatable bonds is 3. The van der Waals surface area contributed by atoms with Crippen LogP contribution in [0, 0.1) is 6.92 Å². The molecule has 1 aromatic heterocycles. The monoisotopic (exact) mass is 288 g/mol. The molecule has 0 radical (unpaired) electrons. The lowest BCUT2D eigenvalue weighted by atomic mass is 10.3. The minimum atomic E-state index is -4.66. The van der Waals surface area contributed by atoms with Crippen molar-refractivity contribution in [2.24, 2.45) is 0 Å². The molecule has 5 nitrogen and oxygen atoms in total. The first-order valence-electron chi connectivity index (χ1n) is 3.78. The second kappa shape index (κ2) is 4.35. The maximum absolute atomic E-state index is 11.2. The zero-order chi connectivity index (χ0) is 11.9. The molecule has 0 saturated carbocycles.